The van der Waals surface area contributed by atoms with Gasteiger partial charge >= 0.3 is 12.4 Å². The minimum Gasteiger partial charge on any atom is -0.477 e. The lowest BCUT2D eigenvalue weighted by atomic mass is 9.99. The lowest BCUT2D eigenvalue weighted by Crippen LogP contribution is -2.46. The van der Waals surface area contributed by atoms with E-state index in [1.807, 2.05) is 28.9 Å². The van der Waals surface area contributed by atoms with Crippen LogP contribution in [-0.2, 0) is 23.7 Å². The number of piperidine rings is 1. The summed E-state index contributed by atoms with van der Waals surface area (Å²) in [4.78, 5) is 41.2. The SMILES string of the molecule is Cc1ccccc1-c1nc(N2CCC(N3CCCC3=O)CC2)nc2c1C(=O)N(Cc1cc(C(F)(F)F)cc(C(F)(F)F)c1)CCCO2. The van der Waals surface area contributed by atoms with Gasteiger partial charge in [-0.15, -0.1) is 0 Å². The fourth-order valence-electron chi connectivity index (χ4n) is 6.50. The third-order valence-electron chi connectivity index (χ3n) is 8.90. The quantitative estimate of drug-likeness (QED) is 0.291. The van der Waals surface area contributed by atoms with Gasteiger partial charge in [-0.1, -0.05) is 24.3 Å². The normalized spacial score (nSPS) is 18.2. The Balaban J connectivity index is 1.37. The van der Waals surface area contributed by atoms with E-state index in [1.165, 1.54) is 4.90 Å². The summed E-state index contributed by atoms with van der Waals surface area (Å²) >= 11 is 0. The second-order valence-corrected chi connectivity index (χ2v) is 12.1. The zero-order valence-electron chi connectivity index (χ0n) is 25.6. The van der Waals surface area contributed by atoms with Crippen molar-refractivity contribution in [3.8, 4) is 17.1 Å². The second-order valence-electron chi connectivity index (χ2n) is 12.1. The number of amides is 2. The standard InChI is InChI=1S/C33H33F6N5O3/c1-20-6-2-3-7-25(20)28-27-29(41-31(40-28)42-13-9-24(10-14-42)44-12-4-8-26(44)45)47-15-5-11-43(30(27)46)19-21-16-22(32(34,35)36)18-23(17-21)33(37,38)39/h2-3,6-7,16-18,24H,4-5,8-15,19H2,1H3. The largest absolute Gasteiger partial charge is 0.477 e. The molecule has 0 saturated carbocycles. The summed E-state index contributed by atoms with van der Waals surface area (Å²) in [5.41, 5.74) is -1.55. The highest BCUT2D eigenvalue weighted by molar-refractivity contribution is 6.02. The van der Waals surface area contributed by atoms with Crippen molar-refractivity contribution in [3.05, 3.63) is 70.3 Å². The van der Waals surface area contributed by atoms with E-state index in [0.29, 0.717) is 43.2 Å². The van der Waals surface area contributed by atoms with Crippen LogP contribution in [-0.4, -0.2) is 70.4 Å². The molecule has 6 rings (SSSR count). The van der Waals surface area contributed by atoms with Crippen molar-refractivity contribution in [1.82, 2.24) is 19.8 Å². The summed E-state index contributed by atoms with van der Waals surface area (Å²) in [6.45, 7) is 3.36. The number of likely N-dealkylation sites (tertiary alicyclic amines) is 1. The Hall–Kier alpha value is -4.36. The Morgan fingerprint density at radius 3 is 2.17 bits per heavy atom. The number of alkyl halides is 6. The highest BCUT2D eigenvalue weighted by atomic mass is 19.4. The topological polar surface area (TPSA) is 78.9 Å². The van der Waals surface area contributed by atoms with Crippen molar-refractivity contribution in [2.45, 2.75) is 64.0 Å². The van der Waals surface area contributed by atoms with E-state index >= 15 is 0 Å². The Labute approximate surface area is 267 Å². The van der Waals surface area contributed by atoms with Gasteiger partial charge < -0.3 is 19.4 Å². The molecule has 3 aliphatic heterocycles. The first-order valence-corrected chi connectivity index (χ1v) is 15.5. The molecule has 0 unspecified atom stereocenters. The number of fused-ring (bicyclic) bond motifs is 1. The van der Waals surface area contributed by atoms with Gasteiger partial charge in [-0.05, 0) is 61.9 Å². The van der Waals surface area contributed by atoms with Crippen LogP contribution in [0.1, 0.15) is 64.7 Å². The molecule has 0 atom stereocenters. The summed E-state index contributed by atoms with van der Waals surface area (Å²) in [5, 5.41) is 0. The van der Waals surface area contributed by atoms with Crippen LogP contribution in [0.15, 0.2) is 42.5 Å². The van der Waals surface area contributed by atoms with Crippen LogP contribution in [0.5, 0.6) is 5.88 Å². The lowest BCUT2D eigenvalue weighted by molar-refractivity contribution is -0.143. The third-order valence-corrected chi connectivity index (χ3v) is 8.90. The highest BCUT2D eigenvalue weighted by Gasteiger charge is 2.38. The molecular weight excluding hydrogens is 628 g/mol. The summed E-state index contributed by atoms with van der Waals surface area (Å²) in [6.07, 6.45) is -6.91. The number of carbonyl (C=O) groups excluding carboxylic acids is 2. The Morgan fingerprint density at radius 1 is 0.872 bits per heavy atom. The van der Waals surface area contributed by atoms with Crippen molar-refractivity contribution in [3.63, 3.8) is 0 Å². The number of ether oxygens (including phenoxy) is 1. The van der Waals surface area contributed by atoms with Gasteiger partial charge in [0.25, 0.3) is 5.91 Å². The van der Waals surface area contributed by atoms with E-state index in [4.69, 9.17) is 9.72 Å². The summed E-state index contributed by atoms with van der Waals surface area (Å²) in [7, 11) is 0. The number of hydrogen-bond donors (Lipinski definition) is 0. The molecule has 2 amide bonds. The second kappa shape index (κ2) is 12.7. The molecular formula is C33H33F6N5O3. The van der Waals surface area contributed by atoms with E-state index in [-0.39, 0.29) is 60.3 Å². The molecule has 14 heteroatoms. The lowest BCUT2D eigenvalue weighted by Gasteiger charge is -2.37. The first kappa shape index (κ1) is 32.6. The fraction of sp³-hybridized carbons (Fsp3) is 0.455. The van der Waals surface area contributed by atoms with Crippen LogP contribution < -0.4 is 9.64 Å². The molecule has 0 radical (unpaired) electrons. The first-order chi connectivity index (χ1) is 22.3. The van der Waals surface area contributed by atoms with Crippen molar-refractivity contribution in [1.29, 1.82) is 0 Å². The number of aromatic nitrogens is 2. The van der Waals surface area contributed by atoms with Crippen LogP contribution in [0.3, 0.4) is 0 Å². The van der Waals surface area contributed by atoms with Crippen LogP contribution in [0, 0.1) is 6.92 Å². The number of carbonyl (C=O) groups is 2. The van der Waals surface area contributed by atoms with Gasteiger partial charge in [0.15, 0.2) is 0 Å². The Kier molecular flexibility index (Phi) is 8.79. The van der Waals surface area contributed by atoms with Crippen LogP contribution in [0.25, 0.3) is 11.3 Å². The van der Waals surface area contributed by atoms with Gasteiger partial charge in [0, 0.05) is 50.7 Å². The number of halogens is 6. The summed E-state index contributed by atoms with van der Waals surface area (Å²) in [5.74, 6) is -0.166. The molecule has 0 aliphatic carbocycles. The molecule has 2 fully saturated rings. The van der Waals surface area contributed by atoms with Crippen LogP contribution in [0.4, 0.5) is 32.3 Å². The molecule has 3 aliphatic rings. The number of hydrogen-bond acceptors (Lipinski definition) is 6. The Morgan fingerprint density at radius 2 is 1.55 bits per heavy atom. The molecule has 3 aromatic rings. The minimum absolute atomic E-state index is 0.000167. The van der Waals surface area contributed by atoms with Gasteiger partial charge in [-0.2, -0.15) is 31.3 Å². The Bertz CT molecular complexity index is 1640. The maximum atomic E-state index is 14.2. The fourth-order valence-corrected chi connectivity index (χ4v) is 6.50. The smallest absolute Gasteiger partial charge is 0.416 e. The van der Waals surface area contributed by atoms with Gasteiger partial charge in [0.05, 0.1) is 23.4 Å². The minimum atomic E-state index is -5.02. The van der Waals surface area contributed by atoms with Crippen molar-refractivity contribution in [2.75, 3.05) is 37.7 Å². The molecule has 2 aromatic carbocycles. The average Bonchev–Trinajstić information content (AvgIpc) is 3.46. The van der Waals surface area contributed by atoms with Crippen molar-refractivity contribution >= 4 is 17.8 Å². The molecule has 0 N–H and O–H groups in total. The van der Waals surface area contributed by atoms with Gasteiger partial charge in [0.2, 0.25) is 17.7 Å². The molecule has 1 aromatic heterocycles. The van der Waals surface area contributed by atoms with E-state index in [1.54, 1.807) is 12.1 Å². The molecule has 8 nitrogen and oxygen atoms in total. The summed E-state index contributed by atoms with van der Waals surface area (Å²) in [6, 6.07) is 8.70. The van der Waals surface area contributed by atoms with Crippen LogP contribution >= 0.6 is 0 Å². The van der Waals surface area contributed by atoms with Crippen molar-refractivity contribution in [2.24, 2.45) is 0 Å². The number of anilines is 1. The van der Waals surface area contributed by atoms with E-state index in [9.17, 15) is 35.9 Å². The van der Waals surface area contributed by atoms with E-state index in [0.717, 1.165) is 31.4 Å². The number of nitrogens with zero attached hydrogens (tertiary/aromatic N) is 5. The van der Waals surface area contributed by atoms with E-state index in [2.05, 4.69) is 4.98 Å². The maximum Gasteiger partial charge on any atom is 0.416 e. The predicted octanol–water partition coefficient (Wildman–Crippen LogP) is 6.51. The number of rotatable bonds is 5. The van der Waals surface area contributed by atoms with Gasteiger partial charge in [0.1, 0.15) is 5.56 Å². The third kappa shape index (κ3) is 6.86. The van der Waals surface area contributed by atoms with Crippen LogP contribution in [0.2, 0.25) is 0 Å². The predicted molar refractivity (Wildman–Crippen MR) is 160 cm³/mol. The highest BCUT2D eigenvalue weighted by Crippen LogP contribution is 2.38. The zero-order valence-corrected chi connectivity index (χ0v) is 25.6. The molecule has 4 heterocycles. The monoisotopic (exact) mass is 661 g/mol. The molecule has 2 saturated heterocycles. The average molecular weight is 662 g/mol. The van der Waals surface area contributed by atoms with E-state index < -0.39 is 35.9 Å². The van der Waals surface area contributed by atoms with Gasteiger partial charge in [-0.3, -0.25) is 9.59 Å². The number of benzene rings is 2. The molecule has 0 spiro atoms. The van der Waals surface area contributed by atoms with Crippen molar-refractivity contribution < 1.29 is 40.7 Å². The first-order valence-electron chi connectivity index (χ1n) is 15.5. The number of aryl methyl sites for hydroxylation is 1. The zero-order chi connectivity index (χ0) is 33.5. The maximum absolute atomic E-state index is 14.2. The molecule has 0 bridgehead atoms. The summed E-state index contributed by atoms with van der Waals surface area (Å²) < 4.78 is 87.5. The molecule has 47 heavy (non-hydrogen) atoms. The van der Waals surface area contributed by atoms with Gasteiger partial charge in [-0.25, -0.2) is 4.98 Å². The molecule has 250 valence electrons.